The summed E-state index contributed by atoms with van der Waals surface area (Å²) in [4.78, 5) is 0. The summed E-state index contributed by atoms with van der Waals surface area (Å²) in [6.45, 7) is 3.55. The third kappa shape index (κ3) is 3.14. The number of rotatable bonds is 2. The van der Waals surface area contributed by atoms with E-state index in [2.05, 4.69) is 6.58 Å². The maximum atomic E-state index is 8.84. The molecule has 0 bridgehead atoms. The second kappa shape index (κ2) is 6.10. The predicted octanol–water partition coefficient (Wildman–Crippen LogP) is -2.87. The van der Waals surface area contributed by atoms with Crippen LogP contribution in [0.15, 0.2) is 30.8 Å². The molecule has 2 N–H and O–H groups in total. The summed E-state index contributed by atoms with van der Waals surface area (Å²) in [6.07, 6.45) is 1.59. The van der Waals surface area contributed by atoms with E-state index in [4.69, 9.17) is 10.0 Å². The van der Waals surface area contributed by atoms with Gasteiger partial charge in [0, 0.05) is 0 Å². The van der Waals surface area contributed by atoms with Crippen LogP contribution < -0.4 is 56.8 Å². The zero-order valence-electron chi connectivity index (χ0n) is 8.07. The Hall–Kier alpha value is 0.581. The first-order valence-corrected chi connectivity index (χ1v) is 3.33. The van der Waals surface area contributed by atoms with Crippen molar-refractivity contribution in [3.8, 4) is 0 Å². The SMILES string of the molecule is C=Cc1ccccc1B(O)O.[H-].[K+]. The summed E-state index contributed by atoms with van der Waals surface area (Å²) in [5, 5.41) is 17.7. The Morgan fingerprint density at radius 2 is 1.92 bits per heavy atom. The molecule has 0 fully saturated rings. The van der Waals surface area contributed by atoms with Crippen molar-refractivity contribution < 1.29 is 62.9 Å². The standard InChI is InChI=1S/C8H9BO2.K.H/c1-2-7-5-3-4-6-8(7)9(10)11;;/h2-6,10-11H,1H2;;/q;+1;-1. The van der Waals surface area contributed by atoms with E-state index in [1.165, 1.54) is 0 Å². The van der Waals surface area contributed by atoms with Crippen molar-refractivity contribution in [1.82, 2.24) is 0 Å². The first-order valence-electron chi connectivity index (χ1n) is 3.33. The average Bonchev–Trinajstić information content (AvgIpc) is 2.04. The zero-order valence-corrected chi connectivity index (χ0v) is 10.2. The molecule has 0 radical (unpaired) electrons. The molecule has 12 heavy (non-hydrogen) atoms. The summed E-state index contributed by atoms with van der Waals surface area (Å²) < 4.78 is 0. The van der Waals surface area contributed by atoms with E-state index in [0.717, 1.165) is 5.56 Å². The monoisotopic (exact) mass is 188 g/mol. The second-order valence-electron chi connectivity index (χ2n) is 2.21. The van der Waals surface area contributed by atoms with Gasteiger partial charge in [0.2, 0.25) is 0 Å². The Morgan fingerprint density at radius 3 is 2.33 bits per heavy atom. The Labute approximate surface area is 116 Å². The molecule has 0 spiro atoms. The average molecular weight is 188 g/mol. The Kier molecular flexibility index (Phi) is 6.39. The van der Waals surface area contributed by atoms with E-state index < -0.39 is 7.12 Å². The Morgan fingerprint density at radius 1 is 1.33 bits per heavy atom. The van der Waals surface area contributed by atoms with Gasteiger partial charge < -0.3 is 11.5 Å². The molecule has 0 saturated heterocycles. The van der Waals surface area contributed by atoms with E-state index in [1.807, 2.05) is 6.07 Å². The fraction of sp³-hybridized carbons (Fsp3) is 0. The van der Waals surface area contributed by atoms with Crippen LogP contribution in [-0.4, -0.2) is 17.2 Å². The van der Waals surface area contributed by atoms with Crippen molar-refractivity contribution in [2.24, 2.45) is 0 Å². The van der Waals surface area contributed by atoms with Crippen molar-refractivity contribution in [1.29, 1.82) is 0 Å². The van der Waals surface area contributed by atoms with Crippen molar-refractivity contribution in [3.63, 3.8) is 0 Å². The topological polar surface area (TPSA) is 40.5 Å². The fourth-order valence-electron chi connectivity index (χ4n) is 0.932. The van der Waals surface area contributed by atoms with E-state index in [1.54, 1.807) is 24.3 Å². The summed E-state index contributed by atoms with van der Waals surface area (Å²) >= 11 is 0. The molecule has 2 nitrogen and oxygen atoms in total. The Bertz CT molecular complexity index is 268. The normalized spacial score (nSPS) is 8.50. The number of benzene rings is 1. The summed E-state index contributed by atoms with van der Waals surface area (Å²) in [5.41, 5.74) is 1.24. The van der Waals surface area contributed by atoms with Crippen LogP contribution in [0.4, 0.5) is 0 Å². The van der Waals surface area contributed by atoms with Crippen molar-refractivity contribution in [2.75, 3.05) is 0 Å². The second-order valence-corrected chi connectivity index (χ2v) is 2.21. The molecule has 0 aliphatic rings. The molecule has 0 unspecified atom stereocenters. The van der Waals surface area contributed by atoms with Gasteiger partial charge in [-0.3, -0.25) is 0 Å². The maximum Gasteiger partial charge on any atom is 1.00 e. The van der Waals surface area contributed by atoms with Gasteiger partial charge in [0.25, 0.3) is 0 Å². The van der Waals surface area contributed by atoms with Crippen molar-refractivity contribution >= 4 is 18.7 Å². The van der Waals surface area contributed by atoms with Gasteiger partial charge in [-0.05, 0) is 11.0 Å². The van der Waals surface area contributed by atoms with E-state index in [9.17, 15) is 0 Å². The van der Waals surface area contributed by atoms with Gasteiger partial charge in [-0.25, -0.2) is 0 Å². The first-order chi connectivity index (χ1) is 5.25. The maximum absolute atomic E-state index is 8.84. The van der Waals surface area contributed by atoms with Crippen LogP contribution in [0.2, 0.25) is 0 Å². The molecule has 58 valence electrons. The summed E-state index contributed by atoms with van der Waals surface area (Å²) in [7, 11) is -1.41. The fourth-order valence-corrected chi connectivity index (χ4v) is 0.932. The molecule has 1 aromatic rings. The molecule has 0 aliphatic heterocycles. The first kappa shape index (κ1) is 12.6. The molecular formula is C8H10BKO2. The molecule has 0 saturated carbocycles. The van der Waals surface area contributed by atoms with Crippen LogP contribution in [0.25, 0.3) is 6.08 Å². The van der Waals surface area contributed by atoms with Crippen LogP contribution in [0.5, 0.6) is 0 Å². The predicted molar refractivity (Wildman–Crippen MR) is 47.5 cm³/mol. The quantitative estimate of drug-likeness (QED) is 0.490. The smallest absolute Gasteiger partial charge is 1.00 e. The molecule has 4 heteroatoms. The van der Waals surface area contributed by atoms with Gasteiger partial charge in [0.15, 0.2) is 0 Å². The largest absolute Gasteiger partial charge is 1.00 e. The molecule has 0 aromatic heterocycles. The molecule has 0 atom stereocenters. The summed E-state index contributed by atoms with van der Waals surface area (Å²) in [5.74, 6) is 0. The van der Waals surface area contributed by atoms with Gasteiger partial charge in [-0.2, -0.15) is 0 Å². The minimum Gasteiger partial charge on any atom is -1.00 e. The van der Waals surface area contributed by atoms with E-state index >= 15 is 0 Å². The van der Waals surface area contributed by atoms with Crippen LogP contribution >= 0.6 is 0 Å². The van der Waals surface area contributed by atoms with Crippen LogP contribution in [0.3, 0.4) is 0 Å². The molecule has 1 aromatic carbocycles. The minimum atomic E-state index is -1.41. The van der Waals surface area contributed by atoms with Gasteiger partial charge in [0.1, 0.15) is 0 Å². The molecule has 0 heterocycles. The van der Waals surface area contributed by atoms with Gasteiger partial charge >= 0.3 is 58.5 Å². The van der Waals surface area contributed by atoms with Crippen molar-refractivity contribution in [3.05, 3.63) is 36.4 Å². The zero-order chi connectivity index (χ0) is 8.27. The molecular weight excluding hydrogens is 178 g/mol. The third-order valence-corrected chi connectivity index (χ3v) is 1.49. The van der Waals surface area contributed by atoms with E-state index in [0.29, 0.717) is 5.46 Å². The summed E-state index contributed by atoms with van der Waals surface area (Å²) in [6, 6.07) is 7.01. The van der Waals surface area contributed by atoms with Gasteiger partial charge in [0.05, 0.1) is 0 Å². The van der Waals surface area contributed by atoms with Gasteiger partial charge in [-0.15, -0.1) is 0 Å². The van der Waals surface area contributed by atoms with Crippen LogP contribution in [0, 0.1) is 0 Å². The van der Waals surface area contributed by atoms with Gasteiger partial charge in [-0.1, -0.05) is 36.9 Å². The van der Waals surface area contributed by atoms with E-state index in [-0.39, 0.29) is 52.8 Å². The minimum absolute atomic E-state index is 0. The number of hydrogen-bond acceptors (Lipinski definition) is 2. The van der Waals surface area contributed by atoms with Crippen LogP contribution in [0.1, 0.15) is 6.99 Å². The molecule has 0 amide bonds. The Balaban J connectivity index is 0. The van der Waals surface area contributed by atoms with Crippen LogP contribution in [-0.2, 0) is 0 Å². The number of hydrogen-bond donors (Lipinski definition) is 2. The van der Waals surface area contributed by atoms with Crippen molar-refractivity contribution in [2.45, 2.75) is 0 Å². The third-order valence-electron chi connectivity index (χ3n) is 1.49. The molecule has 1 rings (SSSR count). The molecule has 0 aliphatic carbocycles.